The molecule has 0 aromatic carbocycles. The normalized spacial score (nSPS) is 22.0. The van der Waals surface area contributed by atoms with Crippen molar-refractivity contribution in [2.45, 2.75) is 5.67 Å². The van der Waals surface area contributed by atoms with Crippen molar-refractivity contribution in [3.05, 3.63) is 0 Å². The molecule has 0 spiro atoms. The van der Waals surface area contributed by atoms with Gasteiger partial charge >= 0.3 is 6.09 Å². The van der Waals surface area contributed by atoms with Crippen LogP contribution >= 0.6 is 0 Å². The minimum Gasteiger partial charge on any atom is -0.465 e. The molecular weight excluding hydrogens is 141 g/mol. The third-order valence-electron chi connectivity index (χ3n) is 1.50. The Labute approximate surface area is 56.9 Å². The highest BCUT2D eigenvalue weighted by Crippen LogP contribution is 2.24. The van der Waals surface area contributed by atoms with Crippen molar-refractivity contribution in [2.24, 2.45) is 0 Å². The van der Waals surface area contributed by atoms with E-state index in [2.05, 4.69) is 0 Å². The number of rotatable bonds is 1. The van der Waals surface area contributed by atoms with Crippen LogP contribution in [0.2, 0.25) is 0 Å². The minimum absolute atomic E-state index is 0.209. The molecule has 0 aliphatic carbocycles. The van der Waals surface area contributed by atoms with Crippen molar-refractivity contribution in [2.75, 3.05) is 19.7 Å². The lowest BCUT2D eigenvalue weighted by molar-refractivity contribution is -0.0539. The number of amides is 1. The van der Waals surface area contributed by atoms with E-state index in [4.69, 9.17) is 10.2 Å². The van der Waals surface area contributed by atoms with Gasteiger partial charge in [0.05, 0.1) is 19.7 Å². The van der Waals surface area contributed by atoms with E-state index in [0.717, 1.165) is 4.90 Å². The first-order valence-electron chi connectivity index (χ1n) is 2.85. The largest absolute Gasteiger partial charge is 0.465 e. The molecule has 1 aliphatic heterocycles. The number of likely N-dealkylation sites (tertiary alicyclic amines) is 1. The summed E-state index contributed by atoms with van der Waals surface area (Å²) >= 11 is 0. The van der Waals surface area contributed by atoms with E-state index < -0.39 is 18.4 Å². The molecule has 0 atom stereocenters. The lowest BCUT2D eigenvalue weighted by Crippen LogP contribution is -2.62. The highest BCUT2D eigenvalue weighted by atomic mass is 19.1. The summed E-state index contributed by atoms with van der Waals surface area (Å²) in [7, 11) is 0. The molecule has 0 saturated carbocycles. The van der Waals surface area contributed by atoms with Crippen molar-refractivity contribution in [1.29, 1.82) is 0 Å². The zero-order chi connectivity index (χ0) is 7.78. The summed E-state index contributed by atoms with van der Waals surface area (Å²) in [5.74, 6) is 0. The Morgan fingerprint density at radius 3 is 2.50 bits per heavy atom. The van der Waals surface area contributed by atoms with Gasteiger partial charge in [-0.05, 0) is 0 Å². The summed E-state index contributed by atoms with van der Waals surface area (Å²) < 4.78 is 12.7. The molecule has 10 heavy (non-hydrogen) atoms. The summed E-state index contributed by atoms with van der Waals surface area (Å²) in [5, 5.41) is 16.6. The first kappa shape index (κ1) is 7.27. The lowest BCUT2D eigenvalue weighted by atomic mass is 9.98. The van der Waals surface area contributed by atoms with Crippen LogP contribution in [0.15, 0.2) is 0 Å². The van der Waals surface area contributed by atoms with E-state index in [1.165, 1.54) is 0 Å². The molecule has 1 amide bonds. The quantitative estimate of drug-likeness (QED) is 0.537. The standard InChI is InChI=1S/C5H8FNO3/c6-5(3-8)1-7(2-5)4(9)10/h8H,1-3H2,(H,9,10). The van der Waals surface area contributed by atoms with Crippen molar-refractivity contribution < 1.29 is 19.4 Å². The van der Waals surface area contributed by atoms with Crippen LogP contribution in [0.25, 0.3) is 0 Å². The van der Waals surface area contributed by atoms with Crippen LogP contribution < -0.4 is 0 Å². The van der Waals surface area contributed by atoms with E-state index >= 15 is 0 Å². The fraction of sp³-hybridized carbons (Fsp3) is 0.800. The van der Waals surface area contributed by atoms with Crippen molar-refractivity contribution in [3.8, 4) is 0 Å². The minimum atomic E-state index is -1.68. The van der Waals surface area contributed by atoms with Crippen molar-refractivity contribution in [1.82, 2.24) is 4.90 Å². The predicted octanol–water partition coefficient (Wildman–Crippen LogP) is -0.319. The molecule has 1 saturated heterocycles. The molecule has 0 bridgehead atoms. The van der Waals surface area contributed by atoms with Crippen LogP contribution in [0, 0.1) is 0 Å². The molecule has 1 heterocycles. The molecule has 0 aromatic heterocycles. The zero-order valence-corrected chi connectivity index (χ0v) is 5.25. The second-order valence-electron chi connectivity index (χ2n) is 2.45. The van der Waals surface area contributed by atoms with Gasteiger partial charge in [-0.25, -0.2) is 9.18 Å². The Bertz CT molecular complexity index is 155. The van der Waals surface area contributed by atoms with Crippen molar-refractivity contribution >= 4 is 6.09 Å². The molecule has 1 fully saturated rings. The summed E-state index contributed by atoms with van der Waals surface area (Å²) in [4.78, 5) is 11.0. The van der Waals surface area contributed by atoms with Gasteiger partial charge in [0.2, 0.25) is 0 Å². The first-order chi connectivity index (χ1) is 4.57. The molecule has 0 unspecified atom stereocenters. The average molecular weight is 149 g/mol. The second-order valence-corrected chi connectivity index (χ2v) is 2.45. The van der Waals surface area contributed by atoms with Gasteiger partial charge in [-0.1, -0.05) is 0 Å². The predicted molar refractivity (Wildman–Crippen MR) is 30.5 cm³/mol. The van der Waals surface area contributed by atoms with Gasteiger partial charge in [0.25, 0.3) is 0 Å². The van der Waals surface area contributed by atoms with E-state index in [0.29, 0.717) is 0 Å². The Kier molecular flexibility index (Phi) is 1.52. The van der Waals surface area contributed by atoms with Crippen LogP contribution in [0.1, 0.15) is 0 Å². The molecular formula is C5H8FNO3. The third kappa shape index (κ3) is 1.04. The van der Waals surface area contributed by atoms with Gasteiger partial charge < -0.3 is 15.1 Å². The van der Waals surface area contributed by atoms with E-state index in [1.54, 1.807) is 0 Å². The van der Waals surface area contributed by atoms with E-state index in [9.17, 15) is 9.18 Å². The highest BCUT2D eigenvalue weighted by molar-refractivity contribution is 5.66. The third-order valence-corrected chi connectivity index (χ3v) is 1.50. The SMILES string of the molecule is O=C(O)N1CC(F)(CO)C1. The van der Waals surface area contributed by atoms with Gasteiger partial charge in [0, 0.05) is 0 Å². The number of carbonyl (C=O) groups is 1. The molecule has 5 heteroatoms. The fourth-order valence-electron chi connectivity index (χ4n) is 0.873. The van der Waals surface area contributed by atoms with Crippen LogP contribution in [-0.4, -0.2) is 46.6 Å². The van der Waals surface area contributed by atoms with Crippen LogP contribution in [0.3, 0.4) is 0 Å². The molecule has 58 valence electrons. The molecule has 1 rings (SSSR count). The van der Waals surface area contributed by atoms with Gasteiger partial charge in [-0.3, -0.25) is 0 Å². The summed E-state index contributed by atoms with van der Waals surface area (Å²) in [5.41, 5.74) is -1.68. The van der Waals surface area contributed by atoms with Crippen LogP contribution in [0.5, 0.6) is 0 Å². The number of aliphatic hydroxyl groups excluding tert-OH is 1. The number of nitrogens with zero attached hydrogens (tertiary/aromatic N) is 1. The molecule has 0 aromatic rings. The highest BCUT2D eigenvalue weighted by Gasteiger charge is 2.45. The zero-order valence-electron chi connectivity index (χ0n) is 5.25. The van der Waals surface area contributed by atoms with Crippen LogP contribution in [-0.2, 0) is 0 Å². The van der Waals surface area contributed by atoms with E-state index in [1.807, 2.05) is 0 Å². The maximum atomic E-state index is 12.7. The second kappa shape index (κ2) is 2.09. The van der Waals surface area contributed by atoms with Gasteiger partial charge in [-0.15, -0.1) is 0 Å². The molecule has 2 N–H and O–H groups in total. The van der Waals surface area contributed by atoms with Gasteiger partial charge in [-0.2, -0.15) is 0 Å². The first-order valence-corrected chi connectivity index (χ1v) is 2.85. The number of alkyl halides is 1. The molecule has 0 radical (unpaired) electrons. The monoisotopic (exact) mass is 149 g/mol. The maximum absolute atomic E-state index is 12.7. The van der Waals surface area contributed by atoms with Gasteiger partial charge in [0.1, 0.15) is 0 Å². The van der Waals surface area contributed by atoms with Gasteiger partial charge in [0.15, 0.2) is 5.67 Å². The van der Waals surface area contributed by atoms with E-state index in [-0.39, 0.29) is 13.1 Å². The Morgan fingerprint density at radius 2 is 2.20 bits per heavy atom. The lowest BCUT2D eigenvalue weighted by Gasteiger charge is -2.41. The number of hydrogen-bond acceptors (Lipinski definition) is 2. The number of hydrogen-bond donors (Lipinski definition) is 2. The smallest absolute Gasteiger partial charge is 0.407 e. The number of halogens is 1. The fourth-order valence-corrected chi connectivity index (χ4v) is 0.873. The Hall–Kier alpha value is -0.840. The topological polar surface area (TPSA) is 60.8 Å². The molecule has 4 nitrogen and oxygen atoms in total. The Morgan fingerprint density at radius 1 is 1.70 bits per heavy atom. The summed E-state index contributed by atoms with van der Waals surface area (Å²) in [6.07, 6.45) is -1.14. The number of aliphatic hydroxyl groups is 1. The summed E-state index contributed by atoms with van der Waals surface area (Å²) in [6, 6.07) is 0. The maximum Gasteiger partial charge on any atom is 0.407 e. The molecule has 1 aliphatic rings. The number of carboxylic acid groups (broad SMARTS) is 1. The van der Waals surface area contributed by atoms with Crippen molar-refractivity contribution in [3.63, 3.8) is 0 Å². The Balaban J connectivity index is 2.36. The average Bonchev–Trinajstić information content (AvgIpc) is 1.80. The summed E-state index contributed by atoms with van der Waals surface area (Å²) in [6.45, 7) is -1.02. The van der Waals surface area contributed by atoms with Crippen LogP contribution in [0.4, 0.5) is 9.18 Å².